The molecule has 3 aromatic rings. The second kappa shape index (κ2) is 8.35. The lowest BCUT2D eigenvalue weighted by Gasteiger charge is -2.17. The first-order chi connectivity index (χ1) is 12.9. The zero-order valence-corrected chi connectivity index (χ0v) is 17.1. The second-order valence-electron chi connectivity index (χ2n) is 6.92. The number of hydrogen-bond donors (Lipinski definition) is 2. The van der Waals surface area contributed by atoms with Crippen LogP contribution >= 0.6 is 12.2 Å². The first-order valence-electron chi connectivity index (χ1n) is 9.16. The van der Waals surface area contributed by atoms with Crippen LogP contribution in [-0.2, 0) is 6.54 Å². The molecule has 1 unspecified atom stereocenters. The molecule has 0 aliphatic rings. The number of thiocarbonyl (C=S) groups is 1. The van der Waals surface area contributed by atoms with Gasteiger partial charge in [0.15, 0.2) is 5.11 Å². The van der Waals surface area contributed by atoms with Crippen molar-refractivity contribution in [2.45, 2.75) is 40.3 Å². The molecule has 2 aromatic carbocycles. The fourth-order valence-corrected chi connectivity index (χ4v) is 3.35. The summed E-state index contributed by atoms with van der Waals surface area (Å²) in [4.78, 5) is 0. The molecular formula is C22H26N4S. The Bertz CT molecular complexity index is 913. The molecule has 0 aliphatic heterocycles. The summed E-state index contributed by atoms with van der Waals surface area (Å²) in [6, 6.07) is 19.0. The third-order valence-corrected chi connectivity index (χ3v) is 4.94. The average molecular weight is 379 g/mol. The fraction of sp³-hybridized carbons (Fsp3) is 0.273. The highest BCUT2D eigenvalue weighted by Gasteiger charge is 2.14. The van der Waals surface area contributed by atoms with Gasteiger partial charge in [-0.15, -0.1) is 0 Å². The van der Waals surface area contributed by atoms with Gasteiger partial charge in [-0.2, -0.15) is 5.10 Å². The van der Waals surface area contributed by atoms with Crippen LogP contribution in [0.15, 0.2) is 54.6 Å². The van der Waals surface area contributed by atoms with E-state index in [1.165, 1.54) is 16.7 Å². The zero-order chi connectivity index (χ0) is 19.4. The van der Waals surface area contributed by atoms with Gasteiger partial charge in [0.05, 0.1) is 29.7 Å². The van der Waals surface area contributed by atoms with Crippen molar-refractivity contribution in [3.8, 4) is 0 Å². The van der Waals surface area contributed by atoms with Crippen molar-refractivity contribution in [1.29, 1.82) is 0 Å². The Morgan fingerprint density at radius 2 is 1.70 bits per heavy atom. The topological polar surface area (TPSA) is 41.9 Å². The molecule has 1 heterocycles. The third-order valence-electron chi connectivity index (χ3n) is 4.72. The smallest absolute Gasteiger partial charge is 0.171 e. The van der Waals surface area contributed by atoms with Crippen LogP contribution < -0.4 is 10.6 Å². The highest BCUT2D eigenvalue weighted by atomic mass is 32.1. The molecule has 5 heteroatoms. The van der Waals surface area contributed by atoms with E-state index in [0.717, 1.165) is 23.6 Å². The number of aromatic nitrogens is 2. The van der Waals surface area contributed by atoms with Crippen LogP contribution in [0.3, 0.4) is 0 Å². The third kappa shape index (κ3) is 4.74. The summed E-state index contributed by atoms with van der Waals surface area (Å²) in [6.07, 6.45) is 0. The molecular weight excluding hydrogens is 352 g/mol. The van der Waals surface area contributed by atoms with Crippen molar-refractivity contribution in [2.24, 2.45) is 0 Å². The summed E-state index contributed by atoms with van der Waals surface area (Å²) in [5, 5.41) is 12.0. The predicted molar refractivity (Wildman–Crippen MR) is 116 cm³/mol. The lowest BCUT2D eigenvalue weighted by atomic mass is 10.1. The Morgan fingerprint density at radius 1 is 1.04 bits per heavy atom. The van der Waals surface area contributed by atoms with E-state index in [4.69, 9.17) is 12.2 Å². The van der Waals surface area contributed by atoms with E-state index < -0.39 is 0 Å². The number of nitrogens with one attached hydrogen (secondary N) is 2. The molecule has 1 aromatic heterocycles. The Labute approximate surface area is 166 Å². The first-order valence-corrected chi connectivity index (χ1v) is 9.57. The van der Waals surface area contributed by atoms with E-state index in [1.54, 1.807) is 0 Å². The molecule has 0 saturated carbocycles. The van der Waals surface area contributed by atoms with Crippen LogP contribution in [0.1, 0.15) is 41.0 Å². The minimum absolute atomic E-state index is 0.134. The summed E-state index contributed by atoms with van der Waals surface area (Å²) in [6.45, 7) is 9.02. The van der Waals surface area contributed by atoms with Crippen LogP contribution in [0, 0.1) is 20.8 Å². The van der Waals surface area contributed by atoms with Gasteiger partial charge in [-0.3, -0.25) is 4.68 Å². The summed E-state index contributed by atoms with van der Waals surface area (Å²) in [5.41, 5.74) is 6.68. The standard InChI is InChI=1S/C22H26N4S/c1-15-10-12-19(13-11-15)14-26-18(4)21(17(3)25-26)24-22(27)23-16(2)20-8-6-5-7-9-20/h5-13,16H,14H2,1-4H3,(H2,23,24,27). The molecule has 0 spiro atoms. The minimum Gasteiger partial charge on any atom is -0.356 e. The minimum atomic E-state index is 0.134. The molecule has 0 bridgehead atoms. The van der Waals surface area contributed by atoms with Crippen LogP contribution in [-0.4, -0.2) is 14.9 Å². The van der Waals surface area contributed by atoms with Gasteiger partial charge >= 0.3 is 0 Å². The van der Waals surface area contributed by atoms with E-state index in [2.05, 4.69) is 72.9 Å². The van der Waals surface area contributed by atoms with Crippen molar-refractivity contribution in [3.05, 3.63) is 82.7 Å². The van der Waals surface area contributed by atoms with Crippen molar-refractivity contribution < 1.29 is 0 Å². The molecule has 4 nitrogen and oxygen atoms in total. The monoisotopic (exact) mass is 378 g/mol. The van der Waals surface area contributed by atoms with E-state index in [0.29, 0.717) is 5.11 Å². The second-order valence-corrected chi connectivity index (χ2v) is 7.33. The Morgan fingerprint density at radius 3 is 2.37 bits per heavy atom. The molecule has 3 rings (SSSR count). The van der Waals surface area contributed by atoms with Crippen molar-refractivity contribution >= 4 is 23.0 Å². The quantitative estimate of drug-likeness (QED) is 0.620. The predicted octanol–water partition coefficient (Wildman–Crippen LogP) is 4.90. The first kappa shape index (κ1) is 19.1. The van der Waals surface area contributed by atoms with Crippen molar-refractivity contribution in [2.75, 3.05) is 5.32 Å². The molecule has 0 saturated heterocycles. The molecule has 1 atom stereocenters. The van der Waals surface area contributed by atoms with E-state index in [1.807, 2.05) is 29.8 Å². The summed E-state index contributed by atoms with van der Waals surface area (Å²) >= 11 is 5.53. The van der Waals surface area contributed by atoms with Gasteiger partial charge in [0.1, 0.15) is 0 Å². The molecule has 0 fully saturated rings. The zero-order valence-electron chi connectivity index (χ0n) is 16.3. The number of anilines is 1. The molecule has 0 radical (unpaired) electrons. The Balaban J connectivity index is 1.69. The molecule has 2 N–H and O–H groups in total. The number of nitrogens with zero attached hydrogens (tertiary/aromatic N) is 2. The van der Waals surface area contributed by atoms with E-state index >= 15 is 0 Å². The van der Waals surface area contributed by atoms with Crippen LogP contribution in [0.5, 0.6) is 0 Å². The normalized spacial score (nSPS) is 11.9. The number of hydrogen-bond acceptors (Lipinski definition) is 2. The fourth-order valence-electron chi connectivity index (χ4n) is 3.07. The molecule has 0 amide bonds. The Kier molecular flexibility index (Phi) is 5.91. The number of benzene rings is 2. The average Bonchev–Trinajstić information content (AvgIpc) is 2.91. The van der Waals surface area contributed by atoms with Gasteiger partial charge in [-0.05, 0) is 51.0 Å². The van der Waals surface area contributed by atoms with Crippen molar-refractivity contribution in [3.63, 3.8) is 0 Å². The van der Waals surface area contributed by atoms with Gasteiger partial charge in [-0.1, -0.05) is 60.2 Å². The SMILES string of the molecule is Cc1ccc(Cn2nc(C)c(NC(=S)NC(C)c3ccccc3)c2C)cc1. The van der Waals surface area contributed by atoms with Gasteiger partial charge in [-0.25, -0.2) is 0 Å². The molecule has 27 heavy (non-hydrogen) atoms. The molecule has 140 valence electrons. The summed E-state index contributed by atoms with van der Waals surface area (Å²) < 4.78 is 2.02. The highest BCUT2D eigenvalue weighted by Crippen LogP contribution is 2.21. The van der Waals surface area contributed by atoms with Crippen LogP contribution in [0.25, 0.3) is 0 Å². The van der Waals surface area contributed by atoms with E-state index in [9.17, 15) is 0 Å². The van der Waals surface area contributed by atoms with Crippen LogP contribution in [0.4, 0.5) is 5.69 Å². The van der Waals surface area contributed by atoms with Gasteiger partial charge in [0, 0.05) is 0 Å². The Hall–Kier alpha value is -2.66. The number of rotatable bonds is 5. The largest absolute Gasteiger partial charge is 0.356 e. The van der Waals surface area contributed by atoms with Gasteiger partial charge in [0.2, 0.25) is 0 Å². The maximum Gasteiger partial charge on any atom is 0.171 e. The number of aryl methyl sites for hydroxylation is 2. The molecule has 0 aliphatic carbocycles. The summed E-state index contributed by atoms with van der Waals surface area (Å²) in [5.74, 6) is 0. The lowest BCUT2D eigenvalue weighted by molar-refractivity contribution is 0.659. The lowest BCUT2D eigenvalue weighted by Crippen LogP contribution is -2.31. The van der Waals surface area contributed by atoms with Gasteiger partial charge < -0.3 is 10.6 Å². The van der Waals surface area contributed by atoms with Gasteiger partial charge in [0.25, 0.3) is 0 Å². The van der Waals surface area contributed by atoms with Crippen LogP contribution in [0.2, 0.25) is 0 Å². The summed E-state index contributed by atoms with van der Waals surface area (Å²) in [7, 11) is 0. The van der Waals surface area contributed by atoms with Crippen molar-refractivity contribution in [1.82, 2.24) is 15.1 Å². The highest BCUT2D eigenvalue weighted by molar-refractivity contribution is 7.80. The maximum absolute atomic E-state index is 5.53. The van der Waals surface area contributed by atoms with E-state index in [-0.39, 0.29) is 6.04 Å². The maximum atomic E-state index is 5.53.